The van der Waals surface area contributed by atoms with Crippen molar-refractivity contribution in [1.82, 2.24) is 4.90 Å². The van der Waals surface area contributed by atoms with Gasteiger partial charge in [0.05, 0.1) is 0 Å². The smallest absolute Gasteiger partial charge is 0.263 e. The molecule has 0 aromatic heterocycles. The highest BCUT2D eigenvalue weighted by molar-refractivity contribution is 5.81. The summed E-state index contributed by atoms with van der Waals surface area (Å²) in [5.41, 5.74) is 1.20. The molecule has 1 aliphatic heterocycles. The van der Waals surface area contributed by atoms with E-state index in [0.29, 0.717) is 12.3 Å². The highest BCUT2D eigenvalue weighted by Crippen LogP contribution is 2.20. The van der Waals surface area contributed by atoms with E-state index in [1.807, 2.05) is 43.0 Å². The first-order valence-electron chi connectivity index (χ1n) is 7.62. The molecule has 2 atom stereocenters. The summed E-state index contributed by atoms with van der Waals surface area (Å²) < 4.78 is 5.88. The zero-order valence-electron chi connectivity index (χ0n) is 12.8. The first-order chi connectivity index (χ1) is 9.60. The SMILES string of the molecule is CC[C@@H](Oc1ccc(C)cc1)C(=O)N1CCC[C@@H](C)C1. The molecule has 1 fully saturated rings. The molecular formula is C17H25NO2. The lowest BCUT2D eigenvalue weighted by Crippen LogP contribution is -2.46. The molecule has 1 aromatic carbocycles. The van der Waals surface area contributed by atoms with Crippen LogP contribution in [0.5, 0.6) is 5.75 Å². The average molecular weight is 275 g/mol. The summed E-state index contributed by atoms with van der Waals surface area (Å²) in [6.45, 7) is 8.00. The van der Waals surface area contributed by atoms with Gasteiger partial charge in [-0.2, -0.15) is 0 Å². The summed E-state index contributed by atoms with van der Waals surface area (Å²) in [6.07, 6.45) is 2.67. The number of carbonyl (C=O) groups is 1. The third-order valence-electron chi connectivity index (χ3n) is 3.91. The van der Waals surface area contributed by atoms with E-state index < -0.39 is 0 Å². The molecule has 0 spiro atoms. The Kier molecular flexibility index (Phi) is 5.05. The molecule has 1 saturated heterocycles. The standard InChI is InChI=1S/C17H25NO2/c1-4-16(20-15-9-7-13(2)8-10-15)17(19)18-11-5-6-14(3)12-18/h7-10,14,16H,4-6,11-12H2,1-3H3/t14-,16-/m1/s1. The number of rotatable bonds is 4. The van der Waals surface area contributed by atoms with Gasteiger partial charge in [0.2, 0.25) is 0 Å². The Labute approximate surface area is 121 Å². The summed E-state index contributed by atoms with van der Waals surface area (Å²) in [5.74, 6) is 1.52. The molecule has 110 valence electrons. The number of amides is 1. The summed E-state index contributed by atoms with van der Waals surface area (Å²) in [4.78, 5) is 14.5. The van der Waals surface area contributed by atoms with Gasteiger partial charge in [0.1, 0.15) is 5.75 Å². The summed E-state index contributed by atoms with van der Waals surface area (Å²) >= 11 is 0. The minimum absolute atomic E-state index is 0.139. The molecule has 0 radical (unpaired) electrons. The van der Waals surface area contributed by atoms with Crippen molar-refractivity contribution in [2.45, 2.75) is 46.1 Å². The van der Waals surface area contributed by atoms with Gasteiger partial charge in [0.15, 0.2) is 6.10 Å². The predicted molar refractivity (Wildman–Crippen MR) is 80.9 cm³/mol. The highest BCUT2D eigenvalue weighted by atomic mass is 16.5. The topological polar surface area (TPSA) is 29.5 Å². The number of carbonyl (C=O) groups excluding carboxylic acids is 1. The molecule has 0 unspecified atom stereocenters. The average Bonchev–Trinajstić information content (AvgIpc) is 2.46. The second kappa shape index (κ2) is 6.78. The zero-order chi connectivity index (χ0) is 14.5. The van der Waals surface area contributed by atoms with Crippen molar-refractivity contribution < 1.29 is 9.53 Å². The third-order valence-corrected chi connectivity index (χ3v) is 3.91. The number of hydrogen-bond acceptors (Lipinski definition) is 2. The van der Waals surface area contributed by atoms with E-state index >= 15 is 0 Å². The number of piperidine rings is 1. The summed E-state index contributed by atoms with van der Waals surface area (Å²) in [7, 11) is 0. The molecule has 1 aromatic rings. The molecule has 20 heavy (non-hydrogen) atoms. The van der Waals surface area contributed by atoms with E-state index in [4.69, 9.17) is 4.74 Å². The second-order valence-electron chi connectivity index (χ2n) is 5.86. The lowest BCUT2D eigenvalue weighted by molar-refractivity contribution is -0.140. The molecule has 3 nitrogen and oxygen atoms in total. The van der Waals surface area contributed by atoms with Crippen molar-refractivity contribution in [3.63, 3.8) is 0 Å². The zero-order valence-corrected chi connectivity index (χ0v) is 12.8. The van der Waals surface area contributed by atoms with Crippen LogP contribution < -0.4 is 4.74 Å². The van der Waals surface area contributed by atoms with Crippen molar-refractivity contribution in [3.05, 3.63) is 29.8 Å². The second-order valence-corrected chi connectivity index (χ2v) is 5.86. The van der Waals surface area contributed by atoms with Crippen LogP contribution in [0.3, 0.4) is 0 Å². The fourth-order valence-corrected chi connectivity index (χ4v) is 2.68. The Hall–Kier alpha value is -1.51. The van der Waals surface area contributed by atoms with Crippen LogP contribution in [0.4, 0.5) is 0 Å². The van der Waals surface area contributed by atoms with Crippen LogP contribution in [0.1, 0.15) is 38.7 Å². The number of aryl methyl sites for hydroxylation is 1. The Bertz CT molecular complexity index is 441. The van der Waals surface area contributed by atoms with E-state index in [0.717, 1.165) is 25.3 Å². The molecule has 3 heteroatoms. The van der Waals surface area contributed by atoms with Gasteiger partial charge < -0.3 is 9.64 Å². The molecule has 1 heterocycles. The largest absolute Gasteiger partial charge is 0.481 e. The Morgan fingerprint density at radius 1 is 1.40 bits per heavy atom. The van der Waals surface area contributed by atoms with Gasteiger partial charge in [-0.1, -0.05) is 31.5 Å². The lowest BCUT2D eigenvalue weighted by atomic mass is 9.99. The van der Waals surface area contributed by atoms with Crippen LogP contribution >= 0.6 is 0 Å². The fourth-order valence-electron chi connectivity index (χ4n) is 2.68. The molecule has 2 rings (SSSR count). The van der Waals surface area contributed by atoms with Gasteiger partial charge in [0.25, 0.3) is 5.91 Å². The van der Waals surface area contributed by atoms with Gasteiger partial charge in [-0.15, -0.1) is 0 Å². The van der Waals surface area contributed by atoms with Gasteiger partial charge >= 0.3 is 0 Å². The van der Waals surface area contributed by atoms with E-state index in [-0.39, 0.29) is 12.0 Å². The van der Waals surface area contributed by atoms with Crippen molar-refractivity contribution >= 4 is 5.91 Å². The molecule has 0 aliphatic carbocycles. The monoisotopic (exact) mass is 275 g/mol. The number of likely N-dealkylation sites (tertiary alicyclic amines) is 1. The van der Waals surface area contributed by atoms with E-state index in [1.165, 1.54) is 12.0 Å². The Morgan fingerprint density at radius 3 is 2.70 bits per heavy atom. The Morgan fingerprint density at radius 2 is 2.10 bits per heavy atom. The number of benzene rings is 1. The lowest BCUT2D eigenvalue weighted by Gasteiger charge is -2.33. The van der Waals surface area contributed by atoms with Crippen LogP contribution in [0.2, 0.25) is 0 Å². The van der Waals surface area contributed by atoms with Crippen LogP contribution in [-0.2, 0) is 4.79 Å². The van der Waals surface area contributed by atoms with Gasteiger partial charge in [0, 0.05) is 13.1 Å². The maximum absolute atomic E-state index is 12.5. The van der Waals surface area contributed by atoms with Crippen molar-refractivity contribution in [3.8, 4) is 5.75 Å². The van der Waals surface area contributed by atoms with Crippen molar-refractivity contribution in [2.75, 3.05) is 13.1 Å². The van der Waals surface area contributed by atoms with Crippen molar-refractivity contribution in [2.24, 2.45) is 5.92 Å². The predicted octanol–water partition coefficient (Wildman–Crippen LogP) is 3.41. The van der Waals surface area contributed by atoms with E-state index in [9.17, 15) is 4.79 Å². The molecule has 0 bridgehead atoms. The van der Waals surface area contributed by atoms with Crippen LogP contribution in [0.15, 0.2) is 24.3 Å². The van der Waals surface area contributed by atoms with Gasteiger partial charge in [-0.05, 0) is 44.2 Å². The van der Waals surface area contributed by atoms with E-state index in [2.05, 4.69) is 6.92 Å². The van der Waals surface area contributed by atoms with Crippen LogP contribution in [-0.4, -0.2) is 30.0 Å². The molecule has 0 saturated carbocycles. The van der Waals surface area contributed by atoms with Crippen LogP contribution in [0.25, 0.3) is 0 Å². The quantitative estimate of drug-likeness (QED) is 0.842. The van der Waals surface area contributed by atoms with Gasteiger partial charge in [-0.3, -0.25) is 4.79 Å². The first-order valence-corrected chi connectivity index (χ1v) is 7.62. The minimum Gasteiger partial charge on any atom is -0.481 e. The van der Waals surface area contributed by atoms with Gasteiger partial charge in [-0.25, -0.2) is 0 Å². The van der Waals surface area contributed by atoms with Crippen LogP contribution in [0, 0.1) is 12.8 Å². The molecule has 0 N–H and O–H groups in total. The molecular weight excluding hydrogens is 250 g/mol. The fraction of sp³-hybridized carbons (Fsp3) is 0.588. The Balaban J connectivity index is 2.00. The molecule has 1 amide bonds. The molecule has 1 aliphatic rings. The highest BCUT2D eigenvalue weighted by Gasteiger charge is 2.27. The number of nitrogens with zero attached hydrogens (tertiary/aromatic N) is 1. The summed E-state index contributed by atoms with van der Waals surface area (Å²) in [6, 6.07) is 7.89. The maximum Gasteiger partial charge on any atom is 0.263 e. The van der Waals surface area contributed by atoms with Crippen molar-refractivity contribution in [1.29, 1.82) is 0 Å². The maximum atomic E-state index is 12.5. The first kappa shape index (κ1) is 14.9. The number of ether oxygens (including phenoxy) is 1. The summed E-state index contributed by atoms with van der Waals surface area (Å²) in [5, 5.41) is 0. The third kappa shape index (κ3) is 3.75. The van der Waals surface area contributed by atoms with E-state index in [1.54, 1.807) is 0 Å². The number of hydrogen-bond donors (Lipinski definition) is 0. The normalized spacial score (nSPS) is 20.6. The minimum atomic E-state index is -0.358.